The van der Waals surface area contributed by atoms with Gasteiger partial charge < -0.3 is 24.8 Å². The summed E-state index contributed by atoms with van der Waals surface area (Å²) in [6.07, 6.45) is 0. The van der Waals surface area contributed by atoms with E-state index in [1.807, 2.05) is 0 Å². The SMILES string of the molecule is COC(=O)c1c(C)nc(C)c(C(=O)OC)c1-c1cccc(NC(=O)Nc2ccc(OC)cc2)c1. The Hall–Kier alpha value is -4.40. The van der Waals surface area contributed by atoms with Crippen LogP contribution in [0.25, 0.3) is 11.1 Å². The molecule has 0 saturated heterocycles. The lowest BCUT2D eigenvalue weighted by atomic mass is 9.92. The normalized spacial score (nSPS) is 10.3. The van der Waals surface area contributed by atoms with Crippen molar-refractivity contribution in [2.45, 2.75) is 13.8 Å². The minimum absolute atomic E-state index is 0.147. The van der Waals surface area contributed by atoms with Gasteiger partial charge >= 0.3 is 18.0 Å². The zero-order chi connectivity index (χ0) is 24.8. The molecule has 2 aromatic carbocycles. The van der Waals surface area contributed by atoms with Crippen molar-refractivity contribution in [3.63, 3.8) is 0 Å². The number of nitrogens with zero attached hydrogens (tertiary/aromatic N) is 1. The zero-order valence-corrected chi connectivity index (χ0v) is 19.5. The highest BCUT2D eigenvalue weighted by Gasteiger charge is 2.27. The van der Waals surface area contributed by atoms with Crippen LogP contribution in [0.15, 0.2) is 48.5 Å². The third kappa shape index (κ3) is 5.15. The first kappa shape index (κ1) is 24.2. The molecule has 9 nitrogen and oxygen atoms in total. The van der Waals surface area contributed by atoms with E-state index in [9.17, 15) is 14.4 Å². The number of aryl methyl sites for hydroxylation is 2. The number of ether oxygens (including phenoxy) is 3. The summed E-state index contributed by atoms with van der Waals surface area (Å²) in [5.41, 5.74) is 2.96. The molecule has 0 aliphatic rings. The second-order valence-corrected chi connectivity index (χ2v) is 7.28. The van der Waals surface area contributed by atoms with E-state index in [4.69, 9.17) is 14.2 Å². The van der Waals surface area contributed by atoms with Gasteiger partial charge in [-0.3, -0.25) is 4.98 Å². The summed E-state index contributed by atoms with van der Waals surface area (Å²) in [4.78, 5) is 42.1. The minimum Gasteiger partial charge on any atom is -0.497 e. The number of rotatable bonds is 6. The second-order valence-electron chi connectivity index (χ2n) is 7.28. The van der Waals surface area contributed by atoms with Crippen molar-refractivity contribution < 1.29 is 28.6 Å². The van der Waals surface area contributed by atoms with Crippen LogP contribution >= 0.6 is 0 Å². The Morgan fingerprint density at radius 3 is 1.85 bits per heavy atom. The summed E-state index contributed by atoms with van der Waals surface area (Å²) in [5, 5.41) is 5.49. The molecular formula is C25H25N3O6. The summed E-state index contributed by atoms with van der Waals surface area (Å²) < 4.78 is 15.0. The van der Waals surface area contributed by atoms with Crippen LogP contribution in [-0.2, 0) is 9.47 Å². The zero-order valence-electron chi connectivity index (χ0n) is 19.5. The molecule has 0 aliphatic carbocycles. The summed E-state index contributed by atoms with van der Waals surface area (Å²) >= 11 is 0. The Kier molecular flexibility index (Phi) is 7.47. The van der Waals surface area contributed by atoms with Gasteiger partial charge in [0.15, 0.2) is 0 Å². The number of aromatic nitrogens is 1. The van der Waals surface area contributed by atoms with Gasteiger partial charge in [0.2, 0.25) is 0 Å². The van der Waals surface area contributed by atoms with Crippen LogP contribution in [0, 0.1) is 13.8 Å². The maximum atomic E-state index is 12.6. The van der Waals surface area contributed by atoms with Crippen molar-refractivity contribution in [3.05, 3.63) is 71.0 Å². The predicted molar refractivity (Wildman–Crippen MR) is 127 cm³/mol. The summed E-state index contributed by atoms with van der Waals surface area (Å²) in [7, 11) is 4.07. The van der Waals surface area contributed by atoms with Crippen LogP contribution in [0.5, 0.6) is 5.75 Å². The van der Waals surface area contributed by atoms with Gasteiger partial charge in [-0.15, -0.1) is 0 Å². The monoisotopic (exact) mass is 463 g/mol. The van der Waals surface area contributed by atoms with Crippen LogP contribution in [-0.4, -0.2) is 44.3 Å². The van der Waals surface area contributed by atoms with Crippen molar-refractivity contribution >= 4 is 29.3 Å². The maximum absolute atomic E-state index is 12.6. The van der Waals surface area contributed by atoms with Crippen molar-refractivity contribution in [3.8, 4) is 16.9 Å². The molecule has 176 valence electrons. The summed E-state index contributed by atoms with van der Waals surface area (Å²) in [6.45, 7) is 3.32. The van der Waals surface area contributed by atoms with Gasteiger partial charge in [-0.05, 0) is 55.8 Å². The number of benzene rings is 2. The molecule has 0 fully saturated rings. The topological polar surface area (TPSA) is 116 Å². The van der Waals surface area contributed by atoms with E-state index in [0.29, 0.717) is 39.6 Å². The molecule has 2 amide bonds. The molecule has 0 unspecified atom stereocenters. The molecule has 3 aromatic rings. The lowest BCUT2D eigenvalue weighted by Crippen LogP contribution is -2.19. The number of esters is 2. The Morgan fingerprint density at radius 2 is 1.32 bits per heavy atom. The number of nitrogens with one attached hydrogen (secondary N) is 2. The van der Waals surface area contributed by atoms with Crippen molar-refractivity contribution in [1.82, 2.24) is 4.98 Å². The highest BCUT2D eigenvalue weighted by Crippen LogP contribution is 2.33. The molecule has 0 atom stereocenters. The number of pyridine rings is 1. The van der Waals surface area contributed by atoms with E-state index in [1.165, 1.54) is 14.2 Å². The smallest absolute Gasteiger partial charge is 0.340 e. The van der Waals surface area contributed by atoms with Crippen LogP contribution < -0.4 is 15.4 Å². The molecular weight excluding hydrogens is 438 g/mol. The first-order valence-corrected chi connectivity index (χ1v) is 10.3. The van der Waals surface area contributed by atoms with Crippen LogP contribution in [0.3, 0.4) is 0 Å². The highest BCUT2D eigenvalue weighted by atomic mass is 16.5. The number of carbonyl (C=O) groups is 3. The van der Waals surface area contributed by atoms with Gasteiger partial charge in [0.1, 0.15) is 5.75 Å². The number of hydrogen-bond donors (Lipinski definition) is 2. The molecule has 2 N–H and O–H groups in total. The maximum Gasteiger partial charge on any atom is 0.340 e. The molecule has 0 radical (unpaired) electrons. The number of amides is 2. The van der Waals surface area contributed by atoms with Crippen LogP contribution in [0.1, 0.15) is 32.1 Å². The van der Waals surface area contributed by atoms with Gasteiger partial charge in [-0.25, -0.2) is 14.4 Å². The number of carbonyl (C=O) groups excluding carboxylic acids is 3. The van der Waals surface area contributed by atoms with Crippen LogP contribution in [0.4, 0.5) is 16.2 Å². The Balaban J connectivity index is 2.00. The predicted octanol–water partition coefficient (Wildman–Crippen LogP) is 4.59. The lowest BCUT2D eigenvalue weighted by molar-refractivity contribution is 0.0599. The fraction of sp³-hybridized carbons (Fsp3) is 0.200. The van der Waals surface area contributed by atoms with E-state index in [2.05, 4.69) is 15.6 Å². The first-order valence-electron chi connectivity index (χ1n) is 10.3. The first-order chi connectivity index (χ1) is 16.3. The number of anilines is 2. The van der Waals surface area contributed by atoms with Gasteiger partial charge in [0, 0.05) is 16.9 Å². The highest BCUT2D eigenvalue weighted by molar-refractivity contribution is 6.07. The number of hydrogen-bond acceptors (Lipinski definition) is 7. The van der Waals surface area contributed by atoms with Gasteiger partial charge in [-0.2, -0.15) is 0 Å². The van der Waals surface area contributed by atoms with E-state index in [-0.39, 0.29) is 11.1 Å². The minimum atomic E-state index is -0.638. The average Bonchev–Trinajstić information content (AvgIpc) is 2.83. The molecule has 0 spiro atoms. The van der Waals surface area contributed by atoms with Gasteiger partial charge in [0.05, 0.1) is 43.8 Å². The molecule has 1 heterocycles. The molecule has 0 bridgehead atoms. The fourth-order valence-electron chi connectivity index (χ4n) is 3.56. The lowest BCUT2D eigenvalue weighted by Gasteiger charge is -2.17. The quantitative estimate of drug-likeness (QED) is 0.514. The van der Waals surface area contributed by atoms with E-state index in [1.54, 1.807) is 69.5 Å². The van der Waals surface area contributed by atoms with Crippen molar-refractivity contribution in [2.75, 3.05) is 32.0 Å². The van der Waals surface area contributed by atoms with Crippen molar-refractivity contribution in [1.29, 1.82) is 0 Å². The largest absolute Gasteiger partial charge is 0.497 e. The standard InChI is InChI=1S/C25H25N3O6/c1-14-20(23(29)33-4)22(21(15(2)26-14)24(30)34-5)16-7-6-8-18(13-16)28-25(31)27-17-9-11-19(32-3)12-10-17/h6-13H,1-5H3,(H2,27,28,31). The Bertz CT molecular complexity index is 1200. The summed E-state index contributed by atoms with van der Waals surface area (Å²) in [5.74, 6) is -0.606. The molecule has 1 aromatic heterocycles. The van der Waals surface area contributed by atoms with E-state index in [0.717, 1.165) is 0 Å². The molecule has 34 heavy (non-hydrogen) atoms. The van der Waals surface area contributed by atoms with E-state index >= 15 is 0 Å². The van der Waals surface area contributed by atoms with Crippen LogP contribution in [0.2, 0.25) is 0 Å². The molecule has 0 aliphatic heterocycles. The van der Waals surface area contributed by atoms with Gasteiger partial charge in [0.25, 0.3) is 0 Å². The van der Waals surface area contributed by atoms with Gasteiger partial charge in [-0.1, -0.05) is 12.1 Å². The number of methoxy groups -OCH3 is 3. The third-order valence-corrected chi connectivity index (χ3v) is 5.10. The number of urea groups is 1. The van der Waals surface area contributed by atoms with Crippen molar-refractivity contribution in [2.24, 2.45) is 0 Å². The fourth-order valence-corrected chi connectivity index (χ4v) is 3.56. The van der Waals surface area contributed by atoms with E-state index < -0.39 is 18.0 Å². The Morgan fingerprint density at radius 1 is 0.765 bits per heavy atom. The second kappa shape index (κ2) is 10.5. The Labute approximate surface area is 197 Å². The average molecular weight is 463 g/mol. The molecule has 0 saturated carbocycles. The summed E-state index contributed by atoms with van der Waals surface area (Å²) in [6, 6.07) is 13.2. The molecule has 9 heteroatoms. The third-order valence-electron chi connectivity index (χ3n) is 5.10. The molecule has 3 rings (SSSR count).